The molecule has 0 atom stereocenters. The number of nitrogens with zero attached hydrogens (tertiary/aromatic N) is 3. The van der Waals surface area contributed by atoms with E-state index in [4.69, 9.17) is 21.3 Å². The van der Waals surface area contributed by atoms with Gasteiger partial charge in [-0.15, -0.1) is 0 Å². The molecule has 0 unspecified atom stereocenters. The molecule has 1 aliphatic heterocycles. The highest BCUT2D eigenvalue weighted by molar-refractivity contribution is 7.22. The molecule has 140 valence electrons. The van der Waals surface area contributed by atoms with Gasteiger partial charge in [-0.3, -0.25) is 4.79 Å². The van der Waals surface area contributed by atoms with Gasteiger partial charge in [0, 0.05) is 31.7 Å². The first kappa shape index (κ1) is 18.1. The third-order valence-electron chi connectivity index (χ3n) is 4.84. The molecule has 2 heterocycles. The van der Waals surface area contributed by atoms with Crippen molar-refractivity contribution in [2.75, 3.05) is 38.2 Å². The lowest BCUT2D eigenvalue weighted by Gasteiger charge is -2.34. The maximum absolute atomic E-state index is 12.8. The maximum Gasteiger partial charge on any atom is 0.254 e. The van der Waals surface area contributed by atoms with Crippen LogP contribution >= 0.6 is 22.9 Å². The first-order valence-corrected chi connectivity index (χ1v) is 10.00. The Morgan fingerprint density at radius 3 is 2.67 bits per heavy atom. The Morgan fingerprint density at radius 2 is 1.96 bits per heavy atom. The molecule has 0 saturated carbocycles. The first-order chi connectivity index (χ1) is 13.1. The zero-order valence-electron chi connectivity index (χ0n) is 15.2. The van der Waals surface area contributed by atoms with Crippen molar-refractivity contribution >= 4 is 44.2 Å². The fraction of sp³-hybridized carbons (Fsp3) is 0.300. The summed E-state index contributed by atoms with van der Waals surface area (Å²) in [6, 6.07) is 11.2. The molecule has 1 saturated heterocycles. The molecular weight excluding hydrogens is 382 g/mol. The van der Waals surface area contributed by atoms with E-state index in [2.05, 4.69) is 4.90 Å². The summed E-state index contributed by atoms with van der Waals surface area (Å²) in [5.74, 6) is 0.734. The maximum atomic E-state index is 12.8. The molecule has 0 N–H and O–H groups in total. The topological polar surface area (TPSA) is 45.7 Å². The molecule has 1 fully saturated rings. The van der Waals surface area contributed by atoms with Gasteiger partial charge in [0.1, 0.15) is 5.75 Å². The predicted octanol–water partition coefficient (Wildman–Crippen LogP) is 4.23. The quantitative estimate of drug-likeness (QED) is 0.658. The number of anilines is 1. The summed E-state index contributed by atoms with van der Waals surface area (Å²) in [6.07, 6.45) is 0. The molecule has 1 aromatic heterocycles. The average Bonchev–Trinajstić information content (AvgIpc) is 3.17. The standard InChI is InChI=1S/C20H20ClN3O2S/c1-13-6-7-16(21)18-17(13)22-20(27-18)24-10-8-23(9-11-24)19(25)14-4-3-5-15(12-14)26-2/h3-7,12H,8-11H2,1-2H3. The Hall–Kier alpha value is -2.31. The number of thiazole rings is 1. The lowest BCUT2D eigenvalue weighted by Crippen LogP contribution is -2.48. The molecule has 0 spiro atoms. The largest absolute Gasteiger partial charge is 0.497 e. The van der Waals surface area contributed by atoms with Crippen LogP contribution in [0.15, 0.2) is 36.4 Å². The van der Waals surface area contributed by atoms with Gasteiger partial charge < -0.3 is 14.5 Å². The molecule has 4 rings (SSSR count). The summed E-state index contributed by atoms with van der Waals surface area (Å²) in [5.41, 5.74) is 2.76. The third-order valence-corrected chi connectivity index (χ3v) is 6.42. The zero-order valence-corrected chi connectivity index (χ0v) is 16.8. The van der Waals surface area contributed by atoms with E-state index in [0.29, 0.717) is 24.4 Å². The van der Waals surface area contributed by atoms with Crippen molar-refractivity contribution in [3.63, 3.8) is 0 Å². The SMILES string of the molecule is COc1cccc(C(=O)N2CCN(c3nc4c(C)ccc(Cl)c4s3)CC2)c1. The molecule has 27 heavy (non-hydrogen) atoms. The van der Waals surface area contributed by atoms with Crippen LogP contribution in [-0.2, 0) is 0 Å². The van der Waals surface area contributed by atoms with E-state index >= 15 is 0 Å². The number of fused-ring (bicyclic) bond motifs is 1. The Bertz CT molecular complexity index is 957. The summed E-state index contributed by atoms with van der Waals surface area (Å²) in [6.45, 7) is 4.89. The van der Waals surface area contributed by atoms with Crippen LogP contribution in [0.1, 0.15) is 15.9 Å². The Kier molecular flexibility index (Phi) is 4.93. The van der Waals surface area contributed by atoms with E-state index in [0.717, 1.165) is 39.0 Å². The molecule has 0 bridgehead atoms. The monoisotopic (exact) mass is 401 g/mol. The molecule has 1 aliphatic rings. The zero-order chi connectivity index (χ0) is 19.0. The number of amides is 1. The van der Waals surface area contributed by atoms with Crippen LogP contribution in [0.3, 0.4) is 0 Å². The molecule has 0 radical (unpaired) electrons. The smallest absolute Gasteiger partial charge is 0.254 e. The number of aryl methyl sites for hydroxylation is 1. The van der Waals surface area contributed by atoms with Crippen LogP contribution in [0.25, 0.3) is 10.2 Å². The van der Waals surface area contributed by atoms with Crippen LogP contribution in [-0.4, -0.2) is 49.1 Å². The summed E-state index contributed by atoms with van der Waals surface area (Å²) in [7, 11) is 1.61. The summed E-state index contributed by atoms with van der Waals surface area (Å²) < 4.78 is 6.25. The second kappa shape index (κ2) is 7.37. The second-order valence-electron chi connectivity index (χ2n) is 6.55. The van der Waals surface area contributed by atoms with E-state index in [-0.39, 0.29) is 5.91 Å². The van der Waals surface area contributed by atoms with Gasteiger partial charge in [0.2, 0.25) is 0 Å². The highest BCUT2D eigenvalue weighted by Gasteiger charge is 2.24. The number of carbonyl (C=O) groups is 1. The van der Waals surface area contributed by atoms with Crippen molar-refractivity contribution in [3.8, 4) is 5.75 Å². The minimum Gasteiger partial charge on any atom is -0.497 e. The van der Waals surface area contributed by atoms with Gasteiger partial charge in [-0.05, 0) is 36.8 Å². The number of benzene rings is 2. The minimum atomic E-state index is 0.0386. The van der Waals surface area contributed by atoms with Crippen molar-refractivity contribution in [3.05, 3.63) is 52.5 Å². The number of hydrogen-bond acceptors (Lipinski definition) is 5. The number of halogens is 1. The molecule has 1 amide bonds. The van der Waals surface area contributed by atoms with Crippen molar-refractivity contribution in [2.24, 2.45) is 0 Å². The number of aromatic nitrogens is 1. The number of ether oxygens (including phenoxy) is 1. The molecule has 3 aromatic rings. The van der Waals surface area contributed by atoms with Crippen LogP contribution in [0.5, 0.6) is 5.75 Å². The summed E-state index contributed by atoms with van der Waals surface area (Å²) in [5, 5.41) is 1.71. The number of methoxy groups -OCH3 is 1. The fourth-order valence-corrected chi connectivity index (χ4v) is 4.63. The summed E-state index contributed by atoms with van der Waals surface area (Å²) in [4.78, 5) is 21.7. The Labute approximate surface area is 167 Å². The van der Waals surface area contributed by atoms with E-state index < -0.39 is 0 Å². The molecule has 0 aliphatic carbocycles. The minimum absolute atomic E-state index is 0.0386. The van der Waals surface area contributed by atoms with Crippen LogP contribution in [0.2, 0.25) is 5.02 Å². The van der Waals surface area contributed by atoms with Crippen molar-refractivity contribution < 1.29 is 9.53 Å². The first-order valence-electron chi connectivity index (χ1n) is 8.81. The van der Waals surface area contributed by atoms with Gasteiger partial charge in [-0.1, -0.05) is 35.1 Å². The van der Waals surface area contributed by atoms with Crippen LogP contribution in [0, 0.1) is 6.92 Å². The van der Waals surface area contributed by atoms with Gasteiger partial charge >= 0.3 is 0 Å². The Morgan fingerprint density at radius 1 is 1.19 bits per heavy atom. The third kappa shape index (κ3) is 3.47. The molecule has 2 aromatic carbocycles. The predicted molar refractivity (Wildman–Crippen MR) is 110 cm³/mol. The van der Waals surface area contributed by atoms with Gasteiger partial charge in [-0.25, -0.2) is 4.98 Å². The average molecular weight is 402 g/mol. The lowest BCUT2D eigenvalue weighted by molar-refractivity contribution is 0.0746. The van der Waals surface area contributed by atoms with Crippen molar-refractivity contribution in [1.82, 2.24) is 9.88 Å². The number of hydrogen-bond donors (Lipinski definition) is 0. The van der Waals surface area contributed by atoms with Gasteiger partial charge in [0.15, 0.2) is 5.13 Å². The van der Waals surface area contributed by atoms with E-state index in [1.807, 2.05) is 42.2 Å². The summed E-state index contributed by atoms with van der Waals surface area (Å²) >= 11 is 7.95. The second-order valence-corrected chi connectivity index (χ2v) is 7.93. The highest BCUT2D eigenvalue weighted by atomic mass is 35.5. The lowest BCUT2D eigenvalue weighted by atomic mass is 10.1. The highest BCUT2D eigenvalue weighted by Crippen LogP contribution is 2.35. The molecule has 7 heteroatoms. The fourth-order valence-electron chi connectivity index (χ4n) is 3.27. The van der Waals surface area contributed by atoms with E-state index in [9.17, 15) is 4.79 Å². The van der Waals surface area contributed by atoms with Crippen LogP contribution < -0.4 is 9.64 Å². The van der Waals surface area contributed by atoms with Gasteiger partial charge in [0.25, 0.3) is 5.91 Å². The van der Waals surface area contributed by atoms with Gasteiger partial charge in [0.05, 0.1) is 22.3 Å². The van der Waals surface area contributed by atoms with Crippen LogP contribution in [0.4, 0.5) is 5.13 Å². The van der Waals surface area contributed by atoms with Crippen molar-refractivity contribution in [1.29, 1.82) is 0 Å². The van der Waals surface area contributed by atoms with Crippen molar-refractivity contribution in [2.45, 2.75) is 6.92 Å². The van der Waals surface area contributed by atoms with E-state index in [1.165, 1.54) is 0 Å². The molecular formula is C20H20ClN3O2S. The van der Waals surface area contributed by atoms with Gasteiger partial charge in [-0.2, -0.15) is 0 Å². The van der Waals surface area contributed by atoms with E-state index in [1.54, 1.807) is 24.5 Å². The number of piperazine rings is 1. The molecule has 5 nitrogen and oxygen atoms in total. The normalized spacial score (nSPS) is 14.6. The number of rotatable bonds is 3. The Balaban J connectivity index is 1.48. The number of carbonyl (C=O) groups excluding carboxylic acids is 1.